The number of aromatic nitrogens is 2. The molecule has 2 rings (SSSR count). The van der Waals surface area contributed by atoms with Gasteiger partial charge in [-0.15, -0.1) is 0 Å². The number of nitrogens with one attached hydrogen (secondary N) is 2. The highest BCUT2D eigenvalue weighted by molar-refractivity contribution is 5.92. The summed E-state index contributed by atoms with van der Waals surface area (Å²) in [5.41, 5.74) is 0.331. The molecule has 0 atom stereocenters. The van der Waals surface area contributed by atoms with Gasteiger partial charge in [-0.1, -0.05) is 13.8 Å². The van der Waals surface area contributed by atoms with Crippen LogP contribution in [0.4, 0.5) is 5.82 Å². The molecule has 0 saturated heterocycles. The number of carbonyl (C=O) groups excluding carboxylic acids is 1. The van der Waals surface area contributed by atoms with Gasteiger partial charge in [0.05, 0.1) is 12.8 Å². The number of rotatable bonds is 6. The lowest BCUT2D eigenvalue weighted by atomic mass is 10.2. The summed E-state index contributed by atoms with van der Waals surface area (Å²) < 4.78 is 5.15. The van der Waals surface area contributed by atoms with Crippen LogP contribution in [-0.2, 0) is 6.54 Å². The van der Waals surface area contributed by atoms with Crippen molar-refractivity contribution in [2.75, 3.05) is 11.9 Å². The molecule has 1 amide bonds. The maximum Gasteiger partial charge on any atom is 0.270 e. The van der Waals surface area contributed by atoms with Crippen LogP contribution in [0.2, 0.25) is 0 Å². The number of carbonyl (C=O) groups is 1. The lowest BCUT2D eigenvalue weighted by molar-refractivity contribution is 0.0943. The molecule has 2 aromatic rings. The van der Waals surface area contributed by atoms with Crippen LogP contribution >= 0.6 is 0 Å². The van der Waals surface area contributed by atoms with E-state index >= 15 is 0 Å². The molecule has 6 heteroatoms. The first kappa shape index (κ1) is 14.0. The fraction of sp³-hybridized carbons (Fsp3) is 0.357. The molecule has 2 N–H and O–H groups in total. The topological polar surface area (TPSA) is 80.0 Å². The first-order chi connectivity index (χ1) is 9.65. The zero-order valence-corrected chi connectivity index (χ0v) is 11.6. The Morgan fingerprint density at radius 1 is 1.40 bits per heavy atom. The Morgan fingerprint density at radius 3 is 2.95 bits per heavy atom. The van der Waals surface area contributed by atoms with E-state index in [1.807, 2.05) is 0 Å². The second-order valence-corrected chi connectivity index (χ2v) is 4.83. The fourth-order valence-corrected chi connectivity index (χ4v) is 1.56. The molecule has 2 heterocycles. The van der Waals surface area contributed by atoms with Gasteiger partial charge < -0.3 is 15.1 Å². The van der Waals surface area contributed by atoms with Crippen LogP contribution in [0.25, 0.3) is 0 Å². The molecule has 0 unspecified atom stereocenters. The van der Waals surface area contributed by atoms with Crippen LogP contribution in [0.15, 0.2) is 35.2 Å². The SMILES string of the molecule is CC(C)CNc1cc(C(=O)NCc2ccco2)ncn1. The monoisotopic (exact) mass is 274 g/mol. The van der Waals surface area contributed by atoms with Crippen LogP contribution in [0, 0.1) is 5.92 Å². The Hall–Kier alpha value is -2.37. The summed E-state index contributed by atoms with van der Waals surface area (Å²) in [6.45, 7) is 5.34. The molecule has 0 aliphatic heterocycles. The van der Waals surface area contributed by atoms with Crippen LogP contribution in [0.3, 0.4) is 0 Å². The predicted octanol–water partition coefficient (Wildman–Crippen LogP) is 2.07. The van der Waals surface area contributed by atoms with Crippen molar-refractivity contribution >= 4 is 11.7 Å². The van der Waals surface area contributed by atoms with E-state index in [-0.39, 0.29) is 5.91 Å². The van der Waals surface area contributed by atoms with Gasteiger partial charge in [0.2, 0.25) is 0 Å². The van der Waals surface area contributed by atoms with Crippen molar-refractivity contribution in [2.45, 2.75) is 20.4 Å². The molecule has 106 valence electrons. The second-order valence-electron chi connectivity index (χ2n) is 4.83. The fourth-order valence-electron chi connectivity index (χ4n) is 1.56. The number of amides is 1. The van der Waals surface area contributed by atoms with Crippen LogP contribution in [0.1, 0.15) is 30.1 Å². The minimum atomic E-state index is -0.253. The normalized spacial score (nSPS) is 10.6. The highest BCUT2D eigenvalue weighted by Gasteiger charge is 2.09. The lowest BCUT2D eigenvalue weighted by Crippen LogP contribution is -2.24. The molecule has 0 radical (unpaired) electrons. The van der Waals surface area contributed by atoms with Gasteiger partial charge >= 0.3 is 0 Å². The summed E-state index contributed by atoms with van der Waals surface area (Å²) in [6, 6.07) is 5.22. The van der Waals surface area contributed by atoms with Gasteiger partial charge in [-0.2, -0.15) is 0 Å². The molecule has 2 aromatic heterocycles. The summed E-state index contributed by atoms with van der Waals surface area (Å²) in [7, 11) is 0. The standard InChI is InChI=1S/C14H18N4O2/c1-10(2)7-15-13-6-12(17-9-18-13)14(19)16-8-11-4-3-5-20-11/h3-6,9-10H,7-8H2,1-2H3,(H,16,19)(H,15,17,18). The molecule has 0 fully saturated rings. The van der Waals surface area contributed by atoms with Crippen molar-refractivity contribution < 1.29 is 9.21 Å². The highest BCUT2D eigenvalue weighted by Crippen LogP contribution is 2.06. The van der Waals surface area contributed by atoms with Crippen molar-refractivity contribution in [1.82, 2.24) is 15.3 Å². The third kappa shape index (κ3) is 4.08. The van der Waals surface area contributed by atoms with E-state index in [9.17, 15) is 4.79 Å². The number of hydrogen-bond acceptors (Lipinski definition) is 5. The van der Waals surface area contributed by atoms with Crippen molar-refractivity contribution in [3.05, 3.63) is 42.2 Å². The third-order valence-electron chi connectivity index (χ3n) is 2.59. The van der Waals surface area contributed by atoms with Crippen LogP contribution < -0.4 is 10.6 Å². The molecule has 0 aliphatic carbocycles. The molecule has 0 aromatic carbocycles. The first-order valence-corrected chi connectivity index (χ1v) is 6.51. The van der Waals surface area contributed by atoms with Gasteiger partial charge in [0.15, 0.2) is 0 Å². The van der Waals surface area contributed by atoms with E-state index in [2.05, 4.69) is 34.4 Å². The molecule has 6 nitrogen and oxygen atoms in total. The van der Waals surface area contributed by atoms with Gasteiger partial charge in [0, 0.05) is 12.6 Å². The number of nitrogens with zero attached hydrogens (tertiary/aromatic N) is 2. The van der Waals surface area contributed by atoms with E-state index < -0.39 is 0 Å². The molecule has 0 spiro atoms. The average molecular weight is 274 g/mol. The quantitative estimate of drug-likeness (QED) is 0.843. The summed E-state index contributed by atoms with van der Waals surface area (Å²) in [5, 5.41) is 5.90. The zero-order chi connectivity index (χ0) is 14.4. The number of hydrogen-bond donors (Lipinski definition) is 2. The van der Waals surface area contributed by atoms with Crippen LogP contribution in [0.5, 0.6) is 0 Å². The molecule has 0 bridgehead atoms. The van der Waals surface area contributed by atoms with E-state index in [1.165, 1.54) is 6.33 Å². The van der Waals surface area contributed by atoms with Crippen molar-refractivity contribution in [2.24, 2.45) is 5.92 Å². The van der Waals surface area contributed by atoms with Gasteiger partial charge in [0.1, 0.15) is 23.6 Å². The van der Waals surface area contributed by atoms with E-state index in [0.29, 0.717) is 29.7 Å². The molecular weight excluding hydrogens is 256 g/mol. The van der Waals surface area contributed by atoms with E-state index in [4.69, 9.17) is 4.42 Å². The highest BCUT2D eigenvalue weighted by atomic mass is 16.3. The third-order valence-corrected chi connectivity index (χ3v) is 2.59. The Bertz CT molecular complexity index is 552. The maximum atomic E-state index is 12.0. The zero-order valence-electron chi connectivity index (χ0n) is 11.6. The largest absolute Gasteiger partial charge is 0.467 e. The second kappa shape index (κ2) is 6.70. The average Bonchev–Trinajstić information content (AvgIpc) is 2.96. The summed E-state index contributed by atoms with van der Waals surface area (Å²) in [6.07, 6.45) is 2.95. The molecule has 0 saturated carbocycles. The minimum absolute atomic E-state index is 0.253. The Balaban J connectivity index is 1.93. The van der Waals surface area contributed by atoms with E-state index in [0.717, 1.165) is 6.54 Å². The Kier molecular flexibility index (Phi) is 4.70. The summed E-state index contributed by atoms with van der Waals surface area (Å²) in [5.74, 6) is 1.60. The maximum absolute atomic E-state index is 12.0. The summed E-state index contributed by atoms with van der Waals surface area (Å²) in [4.78, 5) is 20.0. The van der Waals surface area contributed by atoms with E-state index in [1.54, 1.807) is 24.5 Å². The van der Waals surface area contributed by atoms with Crippen LogP contribution in [-0.4, -0.2) is 22.4 Å². The van der Waals surface area contributed by atoms with Crippen molar-refractivity contribution in [3.63, 3.8) is 0 Å². The Labute approximate surface area is 117 Å². The molecular formula is C14H18N4O2. The minimum Gasteiger partial charge on any atom is -0.467 e. The first-order valence-electron chi connectivity index (χ1n) is 6.51. The number of anilines is 1. The van der Waals surface area contributed by atoms with Gasteiger partial charge in [-0.3, -0.25) is 4.79 Å². The number of furan rings is 1. The Morgan fingerprint density at radius 2 is 2.25 bits per heavy atom. The van der Waals surface area contributed by atoms with Crippen molar-refractivity contribution in [3.8, 4) is 0 Å². The lowest BCUT2D eigenvalue weighted by Gasteiger charge is -2.08. The molecule has 0 aliphatic rings. The summed E-state index contributed by atoms with van der Waals surface area (Å²) >= 11 is 0. The van der Waals surface area contributed by atoms with Gasteiger partial charge in [0.25, 0.3) is 5.91 Å². The predicted molar refractivity (Wildman–Crippen MR) is 75.2 cm³/mol. The van der Waals surface area contributed by atoms with Gasteiger partial charge in [-0.05, 0) is 18.1 Å². The smallest absolute Gasteiger partial charge is 0.270 e. The van der Waals surface area contributed by atoms with Gasteiger partial charge in [-0.25, -0.2) is 9.97 Å². The van der Waals surface area contributed by atoms with Crippen molar-refractivity contribution in [1.29, 1.82) is 0 Å². The molecule has 20 heavy (non-hydrogen) atoms.